The van der Waals surface area contributed by atoms with E-state index in [0.29, 0.717) is 11.4 Å². The molecule has 1 amide bonds. The molecular weight excluding hydrogens is 414 g/mol. The highest BCUT2D eigenvalue weighted by Crippen LogP contribution is 2.29. The standard InChI is InChI=1S/C25H27N7O/c1-17-10-20-14-27-23(12-19(20)11-22(17)21-15-28-31(3)16-21)29-25(33)18-4-5-26-24(13-18)32-8-6-30(2)7-9-32/h4-5,10-16H,6-9H2,1-3H3,(H,27,29,33). The molecule has 1 N–H and O–H groups in total. The summed E-state index contributed by atoms with van der Waals surface area (Å²) in [4.78, 5) is 26.4. The van der Waals surface area contributed by atoms with Crippen molar-refractivity contribution in [3.05, 3.63) is 66.2 Å². The van der Waals surface area contributed by atoms with Crippen molar-refractivity contribution in [1.29, 1.82) is 0 Å². The van der Waals surface area contributed by atoms with Crippen molar-refractivity contribution < 1.29 is 4.79 Å². The number of carbonyl (C=O) groups excluding carboxylic acids is 1. The smallest absolute Gasteiger partial charge is 0.257 e. The monoisotopic (exact) mass is 441 g/mol. The minimum Gasteiger partial charge on any atom is -0.354 e. The van der Waals surface area contributed by atoms with Gasteiger partial charge in [0.1, 0.15) is 11.6 Å². The second-order valence-corrected chi connectivity index (χ2v) is 8.63. The third-order valence-electron chi connectivity index (χ3n) is 6.16. The van der Waals surface area contributed by atoms with E-state index >= 15 is 0 Å². The fourth-order valence-corrected chi connectivity index (χ4v) is 4.20. The van der Waals surface area contributed by atoms with Crippen molar-refractivity contribution in [2.24, 2.45) is 7.05 Å². The van der Waals surface area contributed by atoms with Gasteiger partial charge in [-0.15, -0.1) is 0 Å². The number of hydrogen-bond acceptors (Lipinski definition) is 6. The average molecular weight is 442 g/mol. The molecule has 33 heavy (non-hydrogen) atoms. The van der Waals surface area contributed by atoms with Crippen LogP contribution in [0.1, 0.15) is 15.9 Å². The van der Waals surface area contributed by atoms with E-state index in [0.717, 1.165) is 59.5 Å². The van der Waals surface area contributed by atoms with Gasteiger partial charge in [-0.2, -0.15) is 5.10 Å². The van der Waals surface area contributed by atoms with Crippen molar-refractivity contribution in [2.75, 3.05) is 43.4 Å². The number of rotatable bonds is 4. The zero-order valence-corrected chi connectivity index (χ0v) is 19.1. The highest BCUT2D eigenvalue weighted by molar-refractivity contribution is 6.05. The van der Waals surface area contributed by atoms with Gasteiger partial charge < -0.3 is 15.1 Å². The number of aromatic nitrogens is 4. The first-order valence-electron chi connectivity index (χ1n) is 11.1. The Kier molecular flexibility index (Phi) is 5.51. The molecular formula is C25H27N7O. The first kappa shape index (κ1) is 21.1. The van der Waals surface area contributed by atoms with Crippen LogP contribution in [-0.2, 0) is 7.05 Å². The Labute approximate surface area is 192 Å². The van der Waals surface area contributed by atoms with Gasteiger partial charge in [0, 0.05) is 68.3 Å². The van der Waals surface area contributed by atoms with E-state index in [1.54, 1.807) is 23.1 Å². The fourth-order valence-electron chi connectivity index (χ4n) is 4.20. The third kappa shape index (κ3) is 4.42. The van der Waals surface area contributed by atoms with Crippen LogP contribution in [0.2, 0.25) is 0 Å². The van der Waals surface area contributed by atoms with Crippen LogP contribution in [0.25, 0.3) is 21.9 Å². The molecule has 168 valence electrons. The van der Waals surface area contributed by atoms with Gasteiger partial charge in [0.05, 0.1) is 6.20 Å². The van der Waals surface area contributed by atoms with Crippen LogP contribution in [0.4, 0.5) is 11.6 Å². The summed E-state index contributed by atoms with van der Waals surface area (Å²) in [5.74, 6) is 1.16. The largest absolute Gasteiger partial charge is 0.354 e. The number of hydrogen-bond donors (Lipinski definition) is 1. The highest BCUT2D eigenvalue weighted by Gasteiger charge is 2.17. The summed E-state index contributed by atoms with van der Waals surface area (Å²) in [6, 6.07) is 9.74. The first-order chi connectivity index (χ1) is 16.0. The molecule has 8 nitrogen and oxygen atoms in total. The van der Waals surface area contributed by atoms with Gasteiger partial charge in [-0.3, -0.25) is 9.48 Å². The molecule has 0 aliphatic carbocycles. The minimum absolute atomic E-state index is 0.195. The molecule has 0 saturated carbocycles. The van der Waals surface area contributed by atoms with E-state index in [4.69, 9.17) is 0 Å². The maximum atomic E-state index is 13.0. The van der Waals surface area contributed by atoms with Gasteiger partial charge in [-0.25, -0.2) is 9.97 Å². The maximum Gasteiger partial charge on any atom is 0.257 e. The first-order valence-corrected chi connectivity index (χ1v) is 11.1. The molecule has 1 aromatic carbocycles. The van der Waals surface area contributed by atoms with Gasteiger partial charge in [0.15, 0.2) is 0 Å². The van der Waals surface area contributed by atoms with E-state index in [9.17, 15) is 4.79 Å². The van der Waals surface area contributed by atoms with Crippen LogP contribution in [-0.4, -0.2) is 63.8 Å². The van der Waals surface area contributed by atoms with Gasteiger partial charge in [-0.05, 0) is 60.8 Å². The predicted octanol–water partition coefficient (Wildman–Crippen LogP) is 3.34. The highest BCUT2D eigenvalue weighted by atomic mass is 16.1. The van der Waals surface area contributed by atoms with Crippen LogP contribution in [0.5, 0.6) is 0 Å². The normalized spacial score (nSPS) is 14.6. The number of nitrogens with zero attached hydrogens (tertiary/aromatic N) is 6. The summed E-state index contributed by atoms with van der Waals surface area (Å²) in [5, 5.41) is 9.27. The molecule has 5 rings (SSSR count). The SMILES string of the molecule is Cc1cc2cnc(NC(=O)c3ccnc(N4CCN(C)CC4)c3)cc2cc1-c1cnn(C)c1. The molecule has 0 spiro atoms. The lowest BCUT2D eigenvalue weighted by Gasteiger charge is -2.33. The Morgan fingerprint density at radius 1 is 0.970 bits per heavy atom. The molecule has 1 fully saturated rings. The predicted molar refractivity (Wildman–Crippen MR) is 131 cm³/mol. The summed E-state index contributed by atoms with van der Waals surface area (Å²) in [7, 11) is 4.03. The Balaban J connectivity index is 1.38. The zero-order chi connectivity index (χ0) is 22.9. The summed E-state index contributed by atoms with van der Waals surface area (Å²) in [6.45, 7) is 5.86. The quantitative estimate of drug-likeness (QED) is 0.523. The van der Waals surface area contributed by atoms with Gasteiger partial charge in [0.2, 0.25) is 0 Å². The van der Waals surface area contributed by atoms with Crippen LogP contribution in [0.15, 0.2) is 55.1 Å². The third-order valence-corrected chi connectivity index (χ3v) is 6.16. The van der Waals surface area contributed by atoms with E-state index in [1.807, 2.05) is 31.6 Å². The Morgan fingerprint density at radius 2 is 1.79 bits per heavy atom. The van der Waals surface area contributed by atoms with E-state index in [2.05, 4.69) is 56.3 Å². The summed E-state index contributed by atoms with van der Waals surface area (Å²) in [6.07, 6.45) is 7.35. The number of fused-ring (bicyclic) bond motifs is 1. The molecule has 0 atom stereocenters. The second-order valence-electron chi connectivity index (χ2n) is 8.63. The molecule has 4 heterocycles. The second kappa shape index (κ2) is 8.63. The lowest BCUT2D eigenvalue weighted by atomic mass is 9.99. The van der Waals surface area contributed by atoms with E-state index in [-0.39, 0.29) is 5.91 Å². The summed E-state index contributed by atoms with van der Waals surface area (Å²) < 4.78 is 1.79. The minimum atomic E-state index is -0.195. The molecule has 0 radical (unpaired) electrons. The topological polar surface area (TPSA) is 79.2 Å². The van der Waals surface area contributed by atoms with Crippen molar-refractivity contribution in [3.63, 3.8) is 0 Å². The molecule has 1 saturated heterocycles. The Bertz CT molecular complexity index is 1320. The molecule has 8 heteroatoms. The molecule has 0 unspecified atom stereocenters. The van der Waals surface area contributed by atoms with Gasteiger partial charge >= 0.3 is 0 Å². The van der Waals surface area contributed by atoms with Crippen LogP contribution in [0.3, 0.4) is 0 Å². The number of anilines is 2. The Morgan fingerprint density at radius 3 is 2.55 bits per heavy atom. The van der Waals surface area contributed by atoms with Crippen LogP contribution < -0.4 is 10.2 Å². The average Bonchev–Trinajstić information content (AvgIpc) is 3.25. The van der Waals surface area contributed by atoms with Crippen molar-refractivity contribution in [2.45, 2.75) is 6.92 Å². The number of piperazine rings is 1. The molecule has 1 aliphatic heterocycles. The van der Waals surface area contributed by atoms with Gasteiger partial charge in [0.25, 0.3) is 5.91 Å². The molecule has 3 aromatic heterocycles. The molecule has 4 aromatic rings. The van der Waals surface area contributed by atoms with Crippen LogP contribution in [0, 0.1) is 6.92 Å². The summed E-state index contributed by atoms with van der Waals surface area (Å²) in [5.41, 5.74) is 3.90. The van der Waals surface area contributed by atoms with Gasteiger partial charge in [-0.1, -0.05) is 0 Å². The van der Waals surface area contributed by atoms with Crippen molar-refractivity contribution >= 4 is 28.3 Å². The van der Waals surface area contributed by atoms with E-state index in [1.165, 1.54) is 0 Å². The number of likely N-dealkylation sites (N-methyl/N-ethyl adjacent to an activating group) is 1. The number of carbonyl (C=O) groups is 1. The lowest BCUT2D eigenvalue weighted by Crippen LogP contribution is -2.44. The number of nitrogens with one attached hydrogen (secondary N) is 1. The number of pyridine rings is 2. The van der Waals surface area contributed by atoms with E-state index < -0.39 is 0 Å². The number of aryl methyl sites for hydroxylation is 2. The Hall–Kier alpha value is -3.78. The van der Waals surface area contributed by atoms with Crippen molar-refractivity contribution in [3.8, 4) is 11.1 Å². The fraction of sp³-hybridized carbons (Fsp3) is 0.280. The molecule has 1 aliphatic rings. The summed E-state index contributed by atoms with van der Waals surface area (Å²) >= 11 is 0. The molecule has 0 bridgehead atoms. The maximum absolute atomic E-state index is 13.0. The number of amides is 1. The van der Waals surface area contributed by atoms with Crippen molar-refractivity contribution in [1.82, 2.24) is 24.6 Å². The zero-order valence-electron chi connectivity index (χ0n) is 19.1. The number of benzene rings is 1. The lowest BCUT2D eigenvalue weighted by molar-refractivity contribution is 0.102. The van der Waals surface area contributed by atoms with Crippen LogP contribution >= 0.6 is 0 Å².